The molecule has 0 aliphatic heterocycles. The molecule has 0 atom stereocenters. The lowest BCUT2D eigenvalue weighted by molar-refractivity contribution is -0.137. The van der Waals surface area contributed by atoms with E-state index in [1.54, 1.807) is 30.5 Å². The summed E-state index contributed by atoms with van der Waals surface area (Å²) in [5, 5.41) is 16.6. The summed E-state index contributed by atoms with van der Waals surface area (Å²) in [7, 11) is 0. The Morgan fingerprint density at radius 1 is 1.15 bits per heavy atom. The average Bonchev–Trinajstić information content (AvgIpc) is 3.39. The average molecular weight is 482 g/mol. The number of hydrogen-bond donors (Lipinski definition) is 3. The lowest BCUT2D eigenvalue weighted by Crippen LogP contribution is -2.06. The monoisotopic (exact) mass is 481 g/mol. The lowest BCUT2D eigenvalue weighted by atomic mass is 10.1. The van der Waals surface area contributed by atoms with Gasteiger partial charge in [0.1, 0.15) is 18.2 Å². The molecule has 0 aliphatic rings. The molecule has 3 N–H and O–H groups in total. The smallest absolute Gasteiger partial charge is 0.416 e. The summed E-state index contributed by atoms with van der Waals surface area (Å²) in [5.74, 6) is 2.23. The molecular weight excluding hydrogens is 463 g/mol. The maximum Gasteiger partial charge on any atom is 0.416 e. The lowest BCUT2D eigenvalue weighted by Gasteiger charge is -2.08. The standard InChI is InChI=1S/C20H18F3N7O2.ClH/c1-12-7-15(32-30-12)10-25-19-24-6-5-16(27-19)26-17-9-18(29-28-17)31-11-13-3-2-4-14(8-13)20(21,22)23;/h2-9H,10-11H2,1H3,(H3,24,25,26,27,28,29);1H. The second kappa shape index (κ2) is 10.2. The van der Waals surface area contributed by atoms with Crippen LogP contribution in [0.1, 0.15) is 22.6 Å². The van der Waals surface area contributed by atoms with E-state index in [0.29, 0.717) is 35.5 Å². The SMILES string of the molecule is Cc1cc(CNc2nccc(Nc3cc(OCc4cccc(C(F)(F)F)c4)n[nH]3)n2)on1.Cl. The fourth-order valence-corrected chi connectivity index (χ4v) is 2.75. The number of benzene rings is 1. The maximum absolute atomic E-state index is 12.8. The van der Waals surface area contributed by atoms with E-state index >= 15 is 0 Å². The van der Waals surface area contributed by atoms with Gasteiger partial charge in [0.15, 0.2) is 5.76 Å². The van der Waals surface area contributed by atoms with E-state index in [2.05, 4.69) is 36.0 Å². The number of ether oxygens (including phenoxy) is 1. The van der Waals surface area contributed by atoms with Gasteiger partial charge in [-0.2, -0.15) is 18.2 Å². The van der Waals surface area contributed by atoms with Crippen LogP contribution in [0.2, 0.25) is 0 Å². The molecule has 1 aromatic carbocycles. The fraction of sp³-hybridized carbons (Fsp3) is 0.200. The van der Waals surface area contributed by atoms with Gasteiger partial charge in [0.2, 0.25) is 11.8 Å². The molecule has 174 valence electrons. The van der Waals surface area contributed by atoms with Crippen LogP contribution in [0.3, 0.4) is 0 Å². The molecule has 0 fully saturated rings. The van der Waals surface area contributed by atoms with Crippen molar-refractivity contribution < 1.29 is 22.4 Å². The number of nitrogens with one attached hydrogen (secondary N) is 3. The number of halogens is 4. The number of rotatable bonds is 8. The van der Waals surface area contributed by atoms with E-state index < -0.39 is 11.7 Å². The largest absolute Gasteiger partial charge is 0.472 e. The third-order valence-corrected chi connectivity index (χ3v) is 4.21. The van der Waals surface area contributed by atoms with Crippen molar-refractivity contribution in [3.8, 4) is 5.88 Å². The molecule has 0 spiro atoms. The summed E-state index contributed by atoms with van der Waals surface area (Å²) in [6.45, 7) is 2.15. The van der Waals surface area contributed by atoms with Crippen LogP contribution in [0.5, 0.6) is 5.88 Å². The Morgan fingerprint density at radius 2 is 2.00 bits per heavy atom. The summed E-state index contributed by atoms with van der Waals surface area (Å²) in [4.78, 5) is 8.48. The van der Waals surface area contributed by atoms with Gasteiger partial charge in [0, 0.05) is 18.3 Å². The highest BCUT2D eigenvalue weighted by molar-refractivity contribution is 5.85. The zero-order valence-corrected chi connectivity index (χ0v) is 18.0. The Bertz CT molecular complexity index is 1200. The van der Waals surface area contributed by atoms with Crippen LogP contribution < -0.4 is 15.4 Å². The number of nitrogens with zero attached hydrogens (tertiary/aromatic N) is 4. The van der Waals surface area contributed by atoms with Crippen LogP contribution in [-0.2, 0) is 19.3 Å². The predicted molar refractivity (Wildman–Crippen MR) is 115 cm³/mol. The second-order valence-electron chi connectivity index (χ2n) is 6.79. The zero-order chi connectivity index (χ0) is 22.6. The van der Waals surface area contributed by atoms with Crippen molar-refractivity contribution in [2.24, 2.45) is 0 Å². The van der Waals surface area contributed by atoms with Gasteiger partial charge >= 0.3 is 6.18 Å². The van der Waals surface area contributed by atoms with Gasteiger partial charge in [-0.3, -0.25) is 5.10 Å². The normalized spacial score (nSPS) is 11.0. The first kappa shape index (κ1) is 23.9. The third-order valence-electron chi connectivity index (χ3n) is 4.21. The van der Waals surface area contributed by atoms with Crippen LogP contribution >= 0.6 is 12.4 Å². The molecule has 4 rings (SSSR count). The highest BCUT2D eigenvalue weighted by Crippen LogP contribution is 2.29. The van der Waals surface area contributed by atoms with Crippen molar-refractivity contribution in [3.05, 3.63) is 71.2 Å². The van der Waals surface area contributed by atoms with E-state index in [0.717, 1.165) is 17.8 Å². The van der Waals surface area contributed by atoms with Crippen molar-refractivity contribution >= 4 is 30.0 Å². The van der Waals surface area contributed by atoms with Gasteiger partial charge in [-0.15, -0.1) is 17.5 Å². The van der Waals surface area contributed by atoms with E-state index in [-0.39, 0.29) is 24.9 Å². The Morgan fingerprint density at radius 3 is 2.76 bits per heavy atom. The first-order valence-electron chi connectivity index (χ1n) is 9.46. The van der Waals surface area contributed by atoms with Crippen LogP contribution in [0.4, 0.5) is 30.8 Å². The summed E-state index contributed by atoms with van der Waals surface area (Å²) in [6, 6.07) is 9.98. The quantitative estimate of drug-likeness (QED) is 0.326. The van der Waals surface area contributed by atoms with Gasteiger partial charge in [0.25, 0.3) is 0 Å². The number of hydrogen-bond acceptors (Lipinski definition) is 8. The van der Waals surface area contributed by atoms with Crippen LogP contribution in [-0.4, -0.2) is 25.3 Å². The van der Waals surface area contributed by atoms with Crippen molar-refractivity contribution in [1.82, 2.24) is 25.3 Å². The Hall–Kier alpha value is -3.80. The number of alkyl halides is 3. The summed E-state index contributed by atoms with van der Waals surface area (Å²) >= 11 is 0. The summed E-state index contributed by atoms with van der Waals surface area (Å²) in [6.07, 6.45) is -2.83. The van der Waals surface area contributed by atoms with Gasteiger partial charge < -0.3 is 19.9 Å². The second-order valence-corrected chi connectivity index (χ2v) is 6.79. The van der Waals surface area contributed by atoms with Gasteiger partial charge in [-0.05, 0) is 30.7 Å². The maximum atomic E-state index is 12.8. The molecule has 0 bridgehead atoms. The first-order valence-corrected chi connectivity index (χ1v) is 9.46. The number of anilines is 3. The molecule has 0 amide bonds. The molecule has 3 heterocycles. The van der Waals surface area contributed by atoms with Gasteiger partial charge in [0.05, 0.1) is 17.8 Å². The fourth-order valence-electron chi connectivity index (χ4n) is 2.75. The molecule has 0 unspecified atom stereocenters. The molecule has 0 saturated heterocycles. The molecule has 33 heavy (non-hydrogen) atoms. The molecule has 4 aromatic rings. The van der Waals surface area contributed by atoms with E-state index in [1.165, 1.54) is 6.07 Å². The molecule has 0 aliphatic carbocycles. The zero-order valence-electron chi connectivity index (χ0n) is 17.2. The molecule has 3 aromatic heterocycles. The van der Waals surface area contributed by atoms with Crippen molar-refractivity contribution in [2.75, 3.05) is 10.6 Å². The minimum atomic E-state index is -4.40. The minimum Gasteiger partial charge on any atom is -0.472 e. The molecule has 9 nitrogen and oxygen atoms in total. The predicted octanol–water partition coefficient (Wildman–Crippen LogP) is 4.87. The number of aromatic amines is 1. The molecule has 13 heteroatoms. The van der Waals surface area contributed by atoms with Crippen LogP contribution in [0.15, 0.2) is 53.2 Å². The van der Waals surface area contributed by atoms with E-state index in [9.17, 15) is 13.2 Å². The Labute approximate surface area is 192 Å². The number of aromatic nitrogens is 5. The minimum absolute atomic E-state index is 0. The summed E-state index contributed by atoms with van der Waals surface area (Å²) < 4.78 is 49.1. The van der Waals surface area contributed by atoms with Crippen molar-refractivity contribution in [1.29, 1.82) is 0 Å². The Balaban J connectivity index is 0.00000306. The van der Waals surface area contributed by atoms with Gasteiger partial charge in [-0.1, -0.05) is 17.3 Å². The van der Waals surface area contributed by atoms with Gasteiger partial charge in [-0.25, -0.2) is 4.98 Å². The summed E-state index contributed by atoms with van der Waals surface area (Å²) in [5.41, 5.74) is 0.434. The van der Waals surface area contributed by atoms with Crippen LogP contribution in [0.25, 0.3) is 0 Å². The van der Waals surface area contributed by atoms with Crippen molar-refractivity contribution in [3.63, 3.8) is 0 Å². The first-order chi connectivity index (χ1) is 15.3. The third kappa shape index (κ3) is 6.59. The number of aryl methyl sites for hydroxylation is 1. The highest BCUT2D eigenvalue weighted by Gasteiger charge is 2.30. The molecule has 0 saturated carbocycles. The van der Waals surface area contributed by atoms with Crippen molar-refractivity contribution in [2.45, 2.75) is 26.3 Å². The topological polar surface area (TPSA) is 114 Å². The number of H-pyrrole nitrogens is 1. The van der Waals surface area contributed by atoms with E-state index in [1.807, 2.05) is 6.92 Å². The highest BCUT2D eigenvalue weighted by atomic mass is 35.5. The van der Waals surface area contributed by atoms with E-state index in [4.69, 9.17) is 9.26 Å². The molecular formula is C20H19ClF3N7O2. The molecule has 0 radical (unpaired) electrons. The van der Waals surface area contributed by atoms with Crippen LogP contribution in [0, 0.1) is 6.92 Å². The Kier molecular flexibility index (Phi) is 7.38.